The summed E-state index contributed by atoms with van der Waals surface area (Å²) < 4.78 is 2.15. The molecule has 0 bridgehead atoms. The summed E-state index contributed by atoms with van der Waals surface area (Å²) in [4.78, 5) is 0. The van der Waals surface area contributed by atoms with Crippen molar-refractivity contribution in [3.63, 3.8) is 0 Å². The van der Waals surface area contributed by atoms with Crippen LogP contribution in [0.5, 0.6) is 0 Å². The second kappa shape index (κ2) is 5.39. The number of aliphatic hydroxyl groups is 1. The molecular formula is C14H25N3O. The van der Waals surface area contributed by atoms with Crippen LogP contribution < -0.4 is 0 Å². The molecule has 1 aromatic rings. The van der Waals surface area contributed by atoms with Gasteiger partial charge in [0.15, 0.2) is 5.82 Å². The standard InChI is InChI=1S/C14H25N3O/c1-11(2)9-17-12(10-18)15-16-13(17)14(3)7-5-4-6-8-14/h11,18H,4-10H2,1-3H3. The first kappa shape index (κ1) is 13.5. The van der Waals surface area contributed by atoms with Crippen molar-refractivity contribution in [2.45, 2.75) is 71.4 Å². The highest BCUT2D eigenvalue weighted by Crippen LogP contribution is 2.38. The Bertz CT molecular complexity index is 392. The van der Waals surface area contributed by atoms with Gasteiger partial charge in [-0.2, -0.15) is 0 Å². The fourth-order valence-corrected chi connectivity index (χ4v) is 3.01. The summed E-state index contributed by atoms with van der Waals surface area (Å²) in [6, 6.07) is 0. The van der Waals surface area contributed by atoms with Gasteiger partial charge in [0.25, 0.3) is 0 Å². The summed E-state index contributed by atoms with van der Waals surface area (Å²) in [5.74, 6) is 2.34. The number of aromatic nitrogens is 3. The Balaban J connectivity index is 2.33. The van der Waals surface area contributed by atoms with Gasteiger partial charge >= 0.3 is 0 Å². The van der Waals surface area contributed by atoms with Crippen LogP contribution in [-0.4, -0.2) is 19.9 Å². The largest absolute Gasteiger partial charge is 0.388 e. The van der Waals surface area contributed by atoms with Crippen molar-refractivity contribution in [2.24, 2.45) is 5.92 Å². The normalized spacial score (nSPS) is 19.4. The molecule has 1 aliphatic rings. The highest BCUT2D eigenvalue weighted by atomic mass is 16.3. The Labute approximate surface area is 109 Å². The van der Waals surface area contributed by atoms with E-state index in [0.29, 0.717) is 11.7 Å². The monoisotopic (exact) mass is 251 g/mol. The third-order valence-electron chi connectivity index (χ3n) is 4.01. The minimum Gasteiger partial charge on any atom is -0.388 e. The lowest BCUT2D eigenvalue weighted by Gasteiger charge is -2.33. The molecule has 0 saturated heterocycles. The van der Waals surface area contributed by atoms with E-state index in [4.69, 9.17) is 0 Å². The molecule has 0 aromatic carbocycles. The fourth-order valence-electron chi connectivity index (χ4n) is 3.01. The average molecular weight is 251 g/mol. The zero-order valence-electron chi connectivity index (χ0n) is 11.8. The molecule has 1 aromatic heterocycles. The maximum absolute atomic E-state index is 9.40. The first-order valence-corrected chi connectivity index (χ1v) is 7.10. The minimum atomic E-state index is -0.0181. The average Bonchev–Trinajstić information content (AvgIpc) is 2.72. The van der Waals surface area contributed by atoms with E-state index in [0.717, 1.165) is 12.4 Å². The van der Waals surface area contributed by atoms with E-state index in [-0.39, 0.29) is 12.0 Å². The quantitative estimate of drug-likeness (QED) is 0.895. The lowest BCUT2D eigenvalue weighted by Crippen LogP contribution is -2.30. The molecule has 0 amide bonds. The predicted octanol–water partition coefficient (Wildman–Crippen LogP) is 2.65. The van der Waals surface area contributed by atoms with Gasteiger partial charge in [-0.25, -0.2) is 0 Å². The van der Waals surface area contributed by atoms with Crippen molar-refractivity contribution in [2.75, 3.05) is 0 Å². The third-order valence-corrected chi connectivity index (χ3v) is 4.01. The lowest BCUT2D eigenvalue weighted by atomic mass is 9.75. The van der Waals surface area contributed by atoms with Crippen molar-refractivity contribution in [1.29, 1.82) is 0 Å². The van der Waals surface area contributed by atoms with E-state index < -0.39 is 0 Å². The van der Waals surface area contributed by atoms with E-state index >= 15 is 0 Å². The molecule has 1 fully saturated rings. The van der Waals surface area contributed by atoms with E-state index in [1.807, 2.05) is 0 Å². The molecule has 4 nitrogen and oxygen atoms in total. The predicted molar refractivity (Wildman–Crippen MR) is 71.2 cm³/mol. The molecular weight excluding hydrogens is 226 g/mol. The van der Waals surface area contributed by atoms with Gasteiger partial charge in [0.2, 0.25) is 0 Å². The van der Waals surface area contributed by atoms with Gasteiger partial charge in [-0.3, -0.25) is 0 Å². The maximum atomic E-state index is 9.40. The number of aliphatic hydroxyl groups excluding tert-OH is 1. The molecule has 1 N–H and O–H groups in total. The molecule has 0 unspecified atom stereocenters. The molecule has 0 spiro atoms. The van der Waals surface area contributed by atoms with Gasteiger partial charge in [-0.05, 0) is 18.8 Å². The lowest BCUT2D eigenvalue weighted by molar-refractivity contribution is 0.254. The second-order valence-electron chi connectivity index (χ2n) is 6.22. The third kappa shape index (κ3) is 2.58. The molecule has 1 aliphatic carbocycles. The van der Waals surface area contributed by atoms with Crippen molar-refractivity contribution < 1.29 is 5.11 Å². The maximum Gasteiger partial charge on any atom is 0.158 e. The van der Waals surface area contributed by atoms with E-state index in [1.165, 1.54) is 32.1 Å². The summed E-state index contributed by atoms with van der Waals surface area (Å²) in [5, 5.41) is 18.0. The van der Waals surface area contributed by atoms with Crippen molar-refractivity contribution in [1.82, 2.24) is 14.8 Å². The van der Waals surface area contributed by atoms with Crippen LogP contribution in [0.15, 0.2) is 0 Å². The second-order valence-corrected chi connectivity index (χ2v) is 6.22. The minimum absolute atomic E-state index is 0.0181. The number of hydrogen-bond acceptors (Lipinski definition) is 3. The molecule has 4 heteroatoms. The molecule has 0 aliphatic heterocycles. The number of hydrogen-bond donors (Lipinski definition) is 1. The summed E-state index contributed by atoms with van der Waals surface area (Å²) in [7, 11) is 0. The van der Waals surface area contributed by atoms with Crippen LogP contribution in [0.25, 0.3) is 0 Å². The van der Waals surface area contributed by atoms with Crippen LogP contribution in [0.4, 0.5) is 0 Å². The van der Waals surface area contributed by atoms with Crippen LogP contribution in [0.3, 0.4) is 0 Å². The van der Waals surface area contributed by atoms with Gasteiger partial charge in [0, 0.05) is 12.0 Å². The molecule has 18 heavy (non-hydrogen) atoms. The Morgan fingerprint density at radius 3 is 2.44 bits per heavy atom. The van der Waals surface area contributed by atoms with Gasteiger partial charge < -0.3 is 9.67 Å². The highest BCUT2D eigenvalue weighted by molar-refractivity contribution is 5.10. The number of rotatable bonds is 4. The molecule has 1 saturated carbocycles. The summed E-state index contributed by atoms with van der Waals surface area (Å²) >= 11 is 0. The first-order chi connectivity index (χ1) is 8.57. The SMILES string of the molecule is CC(C)Cn1c(CO)nnc1C1(C)CCCCC1. The smallest absolute Gasteiger partial charge is 0.158 e. The topological polar surface area (TPSA) is 50.9 Å². The molecule has 1 heterocycles. The van der Waals surface area contributed by atoms with Crippen LogP contribution >= 0.6 is 0 Å². The Morgan fingerprint density at radius 2 is 1.89 bits per heavy atom. The highest BCUT2D eigenvalue weighted by Gasteiger charge is 2.34. The van der Waals surface area contributed by atoms with Gasteiger partial charge in [0.1, 0.15) is 12.4 Å². The summed E-state index contributed by atoms with van der Waals surface area (Å²) in [6.45, 7) is 7.56. The van der Waals surface area contributed by atoms with Crippen LogP contribution in [0.2, 0.25) is 0 Å². The van der Waals surface area contributed by atoms with E-state index in [1.54, 1.807) is 0 Å². The van der Waals surface area contributed by atoms with Crippen molar-refractivity contribution in [3.8, 4) is 0 Å². The van der Waals surface area contributed by atoms with Crippen molar-refractivity contribution in [3.05, 3.63) is 11.6 Å². The van der Waals surface area contributed by atoms with E-state index in [9.17, 15) is 5.11 Å². The summed E-state index contributed by atoms with van der Waals surface area (Å²) in [6.07, 6.45) is 6.27. The van der Waals surface area contributed by atoms with Gasteiger partial charge in [0.05, 0.1) is 0 Å². The van der Waals surface area contributed by atoms with Gasteiger partial charge in [-0.1, -0.05) is 40.0 Å². The zero-order valence-corrected chi connectivity index (χ0v) is 11.8. The van der Waals surface area contributed by atoms with Crippen molar-refractivity contribution >= 4 is 0 Å². The zero-order chi connectivity index (χ0) is 13.2. The fraction of sp³-hybridized carbons (Fsp3) is 0.857. The van der Waals surface area contributed by atoms with E-state index in [2.05, 4.69) is 35.5 Å². The van der Waals surface area contributed by atoms with Gasteiger partial charge in [-0.15, -0.1) is 10.2 Å². The Kier molecular flexibility index (Phi) is 4.05. The molecule has 0 atom stereocenters. The van der Waals surface area contributed by atoms with Crippen LogP contribution in [0, 0.1) is 5.92 Å². The molecule has 0 radical (unpaired) electrons. The van der Waals surface area contributed by atoms with Crippen LogP contribution in [0.1, 0.15) is 64.5 Å². The Hall–Kier alpha value is -0.900. The number of nitrogens with zero attached hydrogens (tertiary/aromatic N) is 3. The Morgan fingerprint density at radius 1 is 1.22 bits per heavy atom. The molecule has 2 rings (SSSR count). The summed E-state index contributed by atoms with van der Waals surface area (Å²) in [5.41, 5.74) is 0.146. The molecule has 102 valence electrons. The van der Waals surface area contributed by atoms with Crippen LogP contribution in [-0.2, 0) is 18.6 Å². The first-order valence-electron chi connectivity index (χ1n) is 7.10.